The molecule has 1 fully saturated rings. The Bertz CT molecular complexity index is 173. The highest BCUT2D eigenvalue weighted by Crippen LogP contribution is 2.31. The molecule has 1 rings (SSSR count). The molecule has 1 aliphatic carbocycles. The lowest BCUT2D eigenvalue weighted by atomic mass is 9.85. The van der Waals surface area contributed by atoms with Crippen molar-refractivity contribution in [1.82, 2.24) is 0 Å². The SMILES string of the molecule is O=C(O)C1C(F)CC(F)CC1F. The standard InChI is InChI=1S/C7H9F3O2/c8-3-1-4(9)6(7(11)12)5(10)2-3/h3-6H,1-2H2,(H,11,12). The van der Waals surface area contributed by atoms with Crippen molar-refractivity contribution in [2.75, 3.05) is 0 Å². The molecule has 0 radical (unpaired) electrons. The maximum Gasteiger partial charge on any atom is 0.312 e. The highest BCUT2D eigenvalue weighted by Gasteiger charge is 2.43. The van der Waals surface area contributed by atoms with E-state index < -0.39 is 43.2 Å². The number of hydrogen-bond acceptors (Lipinski definition) is 1. The van der Waals surface area contributed by atoms with Gasteiger partial charge in [-0.15, -0.1) is 0 Å². The summed E-state index contributed by atoms with van der Waals surface area (Å²) in [5.74, 6) is -3.21. The largest absolute Gasteiger partial charge is 0.481 e. The molecular formula is C7H9F3O2. The Balaban J connectivity index is 2.66. The Labute approximate surface area is 67.4 Å². The molecule has 1 N–H and O–H groups in total. The maximum atomic E-state index is 12.7. The second kappa shape index (κ2) is 3.33. The van der Waals surface area contributed by atoms with Gasteiger partial charge in [-0.2, -0.15) is 0 Å². The highest BCUT2D eigenvalue weighted by molar-refractivity contribution is 5.71. The van der Waals surface area contributed by atoms with Crippen LogP contribution in [0.2, 0.25) is 0 Å². The molecular weight excluding hydrogens is 173 g/mol. The van der Waals surface area contributed by atoms with Gasteiger partial charge in [0.2, 0.25) is 0 Å². The van der Waals surface area contributed by atoms with Gasteiger partial charge in [0.05, 0.1) is 0 Å². The van der Waals surface area contributed by atoms with E-state index >= 15 is 0 Å². The van der Waals surface area contributed by atoms with Crippen molar-refractivity contribution in [1.29, 1.82) is 0 Å². The number of hydrogen-bond donors (Lipinski definition) is 1. The summed E-state index contributed by atoms with van der Waals surface area (Å²) in [5.41, 5.74) is 0. The van der Waals surface area contributed by atoms with Gasteiger partial charge in [0.25, 0.3) is 0 Å². The van der Waals surface area contributed by atoms with E-state index in [1.54, 1.807) is 0 Å². The van der Waals surface area contributed by atoms with Gasteiger partial charge in [0, 0.05) is 12.8 Å². The van der Waals surface area contributed by atoms with E-state index in [2.05, 4.69) is 0 Å². The molecule has 0 amide bonds. The van der Waals surface area contributed by atoms with Gasteiger partial charge in [-0.05, 0) is 0 Å². The molecule has 0 spiro atoms. The van der Waals surface area contributed by atoms with Crippen LogP contribution in [0.4, 0.5) is 13.2 Å². The van der Waals surface area contributed by atoms with Gasteiger partial charge < -0.3 is 5.11 Å². The van der Waals surface area contributed by atoms with Gasteiger partial charge in [-0.25, -0.2) is 13.2 Å². The van der Waals surface area contributed by atoms with Gasteiger partial charge in [-0.3, -0.25) is 4.79 Å². The van der Waals surface area contributed by atoms with Crippen molar-refractivity contribution >= 4 is 5.97 Å². The fourth-order valence-corrected chi connectivity index (χ4v) is 1.41. The predicted octanol–water partition coefficient (Wildman–Crippen LogP) is 1.50. The molecule has 0 aromatic heterocycles. The van der Waals surface area contributed by atoms with Crippen LogP contribution in [0.15, 0.2) is 0 Å². The van der Waals surface area contributed by atoms with Crippen LogP contribution in [-0.4, -0.2) is 29.6 Å². The smallest absolute Gasteiger partial charge is 0.312 e. The van der Waals surface area contributed by atoms with E-state index in [0.29, 0.717) is 0 Å². The monoisotopic (exact) mass is 182 g/mol. The Morgan fingerprint density at radius 2 is 1.58 bits per heavy atom. The summed E-state index contributed by atoms with van der Waals surface area (Å²) in [4.78, 5) is 10.3. The van der Waals surface area contributed by atoms with Crippen molar-refractivity contribution in [3.05, 3.63) is 0 Å². The fraction of sp³-hybridized carbons (Fsp3) is 0.857. The van der Waals surface area contributed by atoms with E-state index in [4.69, 9.17) is 5.11 Å². The molecule has 0 aliphatic heterocycles. The second-order valence-corrected chi connectivity index (χ2v) is 2.96. The van der Waals surface area contributed by atoms with Crippen molar-refractivity contribution in [2.24, 2.45) is 5.92 Å². The molecule has 0 aromatic carbocycles. The Kier molecular flexibility index (Phi) is 2.59. The number of rotatable bonds is 1. The number of carboxylic acids is 1. The van der Waals surface area contributed by atoms with E-state index in [-0.39, 0.29) is 0 Å². The van der Waals surface area contributed by atoms with Crippen molar-refractivity contribution in [3.8, 4) is 0 Å². The van der Waals surface area contributed by atoms with Gasteiger partial charge in [0.1, 0.15) is 24.4 Å². The lowest BCUT2D eigenvalue weighted by molar-refractivity contribution is -0.149. The fourth-order valence-electron chi connectivity index (χ4n) is 1.41. The first-order valence-corrected chi connectivity index (χ1v) is 3.67. The third-order valence-electron chi connectivity index (χ3n) is 2.03. The van der Waals surface area contributed by atoms with Crippen LogP contribution < -0.4 is 0 Å². The zero-order valence-electron chi connectivity index (χ0n) is 6.21. The molecule has 0 heterocycles. The zero-order valence-corrected chi connectivity index (χ0v) is 6.21. The molecule has 1 saturated carbocycles. The van der Waals surface area contributed by atoms with Crippen molar-refractivity contribution < 1.29 is 23.1 Å². The van der Waals surface area contributed by atoms with Gasteiger partial charge >= 0.3 is 5.97 Å². The maximum absolute atomic E-state index is 12.7. The molecule has 0 bridgehead atoms. The Morgan fingerprint density at radius 1 is 1.17 bits per heavy atom. The van der Waals surface area contributed by atoms with E-state index in [9.17, 15) is 18.0 Å². The number of alkyl halides is 3. The molecule has 70 valence electrons. The number of carboxylic acid groups (broad SMARTS) is 1. The minimum Gasteiger partial charge on any atom is -0.481 e. The summed E-state index contributed by atoms with van der Waals surface area (Å²) < 4.78 is 37.9. The number of aliphatic carboxylic acids is 1. The first-order valence-electron chi connectivity index (χ1n) is 3.67. The van der Waals surface area contributed by atoms with Crippen LogP contribution in [0.5, 0.6) is 0 Å². The van der Waals surface area contributed by atoms with Gasteiger partial charge in [0.15, 0.2) is 0 Å². The van der Waals surface area contributed by atoms with Crippen LogP contribution in [0.1, 0.15) is 12.8 Å². The molecule has 5 heteroatoms. The van der Waals surface area contributed by atoms with Crippen LogP contribution in [0.25, 0.3) is 0 Å². The first-order chi connectivity index (χ1) is 5.52. The van der Waals surface area contributed by atoms with Crippen LogP contribution in [-0.2, 0) is 4.79 Å². The lowest BCUT2D eigenvalue weighted by Gasteiger charge is -2.28. The van der Waals surface area contributed by atoms with E-state index in [1.807, 2.05) is 0 Å². The highest BCUT2D eigenvalue weighted by atomic mass is 19.2. The minimum atomic E-state index is -1.90. The van der Waals surface area contributed by atoms with Crippen molar-refractivity contribution in [2.45, 2.75) is 31.4 Å². The number of carbonyl (C=O) groups is 1. The topological polar surface area (TPSA) is 37.3 Å². The second-order valence-electron chi connectivity index (χ2n) is 2.96. The van der Waals surface area contributed by atoms with Gasteiger partial charge in [-0.1, -0.05) is 0 Å². The summed E-state index contributed by atoms with van der Waals surface area (Å²) in [6.45, 7) is 0. The third kappa shape index (κ3) is 1.70. The van der Waals surface area contributed by atoms with Crippen molar-refractivity contribution in [3.63, 3.8) is 0 Å². The predicted molar refractivity (Wildman–Crippen MR) is 35.0 cm³/mol. The summed E-state index contributed by atoms with van der Waals surface area (Å²) in [6.07, 6.45) is -6.36. The summed E-state index contributed by atoms with van der Waals surface area (Å²) in [6, 6.07) is 0. The molecule has 0 saturated heterocycles. The Hall–Kier alpha value is -0.740. The number of halogens is 3. The summed E-state index contributed by atoms with van der Waals surface area (Å²) in [5, 5.41) is 8.36. The van der Waals surface area contributed by atoms with Crippen LogP contribution >= 0.6 is 0 Å². The first kappa shape index (κ1) is 9.35. The van der Waals surface area contributed by atoms with E-state index in [1.165, 1.54) is 0 Å². The van der Waals surface area contributed by atoms with Crippen LogP contribution in [0.3, 0.4) is 0 Å². The molecule has 2 atom stereocenters. The van der Waals surface area contributed by atoms with E-state index in [0.717, 1.165) is 0 Å². The molecule has 1 aliphatic rings. The average Bonchev–Trinajstić information content (AvgIpc) is 1.82. The third-order valence-corrected chi connectivity index (χ3v) is 2.03. The quantitative estimate of drug-likeness (QED) is 0.667. The zero-order chi connectivity index (χ0) is 9.30. The average molecular weight is 182 g/mol. The normalized spacial score (nSPS) is 42.6. The Morgan fingerprint density at radius 3 is 1.92 bits per heavy atom. The minimum absolute atomic E-state index is 0.503. The molecule has 2 nitrogen and oxygen atoms in total. The molecule has 2 unspecified atom stereocenters. The molecule has 0 aromatic rings. The molecule has 12 heavy (non-hydrogen) atoms. The van der Waals surface area contributed by atoms with Crippen LogP contribution in [0, 0.1) is 5.92 Å². The summed E-state index contributed by atoms with van der Waals surface area (Å²) >= 11 is 0. The lowest BCUT2D eigenvalue weighted by Crippen LogP contribution is -2.41. The summed E-state index contributed by atoms with van der Waals surface area (Å²) in [7, 11) is 0.